The number of nitrogens with zero attached hydrogens (tertiary/aromatic N) is 2. The van der Waals surface area contributed by atoms with Crippen molar-refractivity contribution in [2.45, 2.75) is 18.9 Å². The Morgan fingerprint density at radius 3 is 3.00 bits per heavy atom. The van der Waals surface area contributed by atoms with Gasteiger partial charge in [0.2, 0.25) is 0 Å². The van der Waals surface area contributed by atoms with E-state index in [1.807, 2.05) is 18.2 Å². The number of carboxylic acid groups (broad SMARTS) is 1. The third kappa shape index (κ3) is 2.69. The highest BCUT2D eigenvalue weighted by molar-refractivity contribution is 6.02. The van der Waals surface area contributed by atoms with Gasteiger partial charge in [0.25, 0.3) is 0 Å². The predicted molar refractivity (Wildman–Crippen MR) is 80.9 cm³/mol. The summed E-state index contributed by atoms with van der Waals surface area (Å²) < 4.78 is 5.43. The fourth-order valence-electron chi connectivity index (χ4n) is 2.85. The number of piperidine rings is 1. The number of aromatic carboxylic acids is 1. The highest BCUT2D eigenvalue weighted by atomic mass is 16.5. The van der Waals surface area contributed by atoms with Crippen LogP contribution < -0.4 is 4.90 Å². The summed E-state index contributed by atoms with van der Waals surface area (Å²) in [5.74, 6) is -0.0423. The van der Waals surface area contributed by atoms with Gasteiger partial charge in [0.1, 0.15) is 5.82 Å². The van der Waals surface area contributed by atoms with Gasteiger partial charge in [-0.1, -0.05) is 6.07 Å². The third-order valence-electron chi connectivity index (χ3n) is 3.98. The Balaban J connectivity index is 1.96. The van der Waals surface area contributed by atoms with Crippen LogP contribution >= 0.6 is 0 Å². The Morgan fingerprint density at radius 2 is 2.24 bits per heavy atom. The van der Waals surface area contributed by atoms with Crippen LogP contribution in [0.15, 0.2) is 30.3 Å². The zero-order chi connectivity index (χ0) is 14.8. The first-order valence-corrected chi connectivity index (χ1v) is 7.10. The van der Waals surface area contributed by atoms with Crippen LogP contribution in [0.25, 0.3) is 10.9 Å². The van der Waals surface area contributed by atoms with E-state index >= 15 is 0 Å². The predicted octanol–water partition coefficient (Wildman–Crippen LogP) is 2.55. The molecule has 1 aromatic carbocycles. The first kappa shape index (κ1) is 13.8. The van der Waals surface area contributed by atoms with E-state index in [4.69, 9.17) is 4.74 Å². The average Bonchev–Trinajstić information content (AvgIpc) is 2.53. The van der Waals surface area contributed by atoms with Gasteiger partial charge in [-0.15, -0.1) is 0 Å². The number of rotatable bonds is 3. The van der Waals surface area contributed by atoms with Crippen molar-refractivity contribution >= 4 is 22.7 Å². The number of hydrogen-bond donors (Lipinski definition) is 1. The van der Waals surface area contributed by atoms with Crippen LogP contribution in [0.4, 0.5) is 5.82 Å². The Kier molecular flexibility index (Phi) is 3.75. The highest BCUT2D eigenvalue weighted by Crippen LogP contribution is 2.24. The molecule has 1 fully saturated rings. The van der Waals surface area contributed by atoms with Crippen LogP contribution in [0.1, 0.15) is 23.2 Å². The van der Waals surface area contributed by atoms with Gasteiger partial charge in [-0.25, -0.2) is 9.78 Å². The molecular formula is C16H18N2O3. The van der Waals surface area contributed by atoms with Gasteiger partial charge in [-0.05, 0) is 37.1 Å². The van der Waals surface area contributed by atoms with Crippen molar-refractivity contribution in [2.75, 3.05) is 25.1 Å². The molecule has 1 N–H and O–H groups in total. The molecule has 1 unspecified atom stereocenters. The lowest BCUT2D eigenvalue weighted by Gasteiger charge is -2.32. The van der Waals surface area contributed by atoms with Gasteiger partial charge < -0.3 is 14.7 Å². The molecule has 1 aliphatic heterocycles. The van der Waals surface area contributed by atoms with E-state index in [-0.39, 0.29) is 6.10 Å². The van der Waals surface area contributed by atoms with Crippen LogP contribution in [-0.4, -0.2) is 42.4 Å². The fourth-order valence-corrected chi connectivity index (χ4v) is 2.85. The Hall–Kier alpha value is -2.14. The zero-order valence-corrected chi connectivity index (χ0v) is 12.0. The smallest absolute Gasteiger partial charge is 0.336 e. The molecule has 1 saturated heterocycles. The average molecular weight is 286 g/mol. The molecule has 1 aromatic heterocycles. The number of carboxylic acids is 1. The summed E-state index contributed by atoms with van der Waals surface area (Å²) >= 11 is 0. The summed E-state index contributed by atoms with van der Waals surface area (Å²) in [5, 5.41) is 9.89. The maximum Gasteiger partial charge on any atom is 0.336 e. The highest BCUT2D eigenvalue weighted by Gasteiger charge is 2.21. The van der Waals surface area contributed by atoms with Crippen molar-refractivity contribution in [3.8, 4) is 0 Å². The van der Waals surface area contributed by atoms with Crippen LogP contribution in [0.5, 0.6) is 0 Å². The normalized spacial score (nSPS) is 18.9. The number of fused-ring (bicyclic) bond motifs is 1. The van der Waals surface area contributed by atoms with Gasteiger partial charge in [-0.2, -0.15) is 0 Å². The Labute approximate surface area is 123 Å². The largest absolute Gasteiger partial charge is 0.478 e. The van der Waals surface area contributed by atoms with E-state index in [1.54, 1.807) is 19.2 Å². The molecule has 3 rings (SSSR count). The number of aromatic nitrogens is 1. The van der Waals surface area contributed by atoms with Gasteiger partial charge in [0.15, 0.2) is 0 Å². The molecule has 0 spiro atoms. The number of pyridine rings is 1. The molecule has 2 heterocycles. The lowest BCUT2D eigenvalue weighted by Crippen LogP contribution is -2.39. The first-order valence-electron chi connectivity index (χ1n) is 7.10. The van der Waals surface area contributed by atoms with Crippen molar-refractivity contribution in [1.29, 1.82) is 0 Å². The molecule has 0 radical (unpaired) electrons. The Morgan fingerprint density at radius 1 is 1.38 bits per heavy atom. The monoisotopic (exact) mass is 286 g/mol. The van der Waals surface area contributed by atoms with Crippen LogP contribution in [0, 0.1) is 0 Å². The van der Waals surface area contributed by atoms with E-state index in [9.17, 15) is 9.90 Å². The second-order valence-corrected chi connectivity index (χ2v) is 5.29. The number of carbonyl (C=O) groups is 1. The summed E-state index contributed by atoms with van der Waals surface area (Å²) in [6.07, 6.45) is 2.39. The van der Waals surface area contributed by atoms with Gasteiger partial charge in [0.05, 0.1) is 17.2 Å². The molecule has 110 valence electrons. The SMILES string of the molecule is COC1CCCN(c2ccc3c(C(=O)O)cccc3n2)C1. The topological polar surface area (TPSA) is 62.7 Å². The minimum absolute atomic E-state index is 0.238. The third-order valence-corrected chi connectivity index (χ3v) is 3.98. The van der Waals surface area contributed by atoms with E-state index in [0.29, 0.717) is 16.5 Å². The van der Waals surface area contributed by atoms with Crippen molar-refractivity contribution in [3.63, 3.8) is 0 Å². The molecule has 0 saturated carbocycles. The number of hydrogen-bond acceptors (Lipinski definition) is 4. The minimum atomic E-state index is -0.924. The maximum atomic E-state index is 11.2. The molecule has 0 bridgehead atoms. The second-order valence-electron chi connectivity index (χ2n) is 5.29. The summed E-state index contributed by atoms with van der Waals surface area (Å²) in [6.45, 7) is 1.78. The minimum Gasteiger partial charge on any atom is -0.478 e. The lowest BCUT2D eigenvalue weighted by molar-refractivity contribution is 0.0699. The van der Waals surface area contributed by atoms with E-state index in [1.165, 1.54) is 0 Å². The molecule has 0 aliphatic carbocycles. The van der Waals surface area contributed by atoms with Crippen molar-refractivity contribution in [1.82, 2.24) is 4.98 Å². The van der Waals surface area contributed by atoms with Crippen LogP contribution in [0.2, 0.25) is 0 Å². The summed E-state index contributed by atoms with van der Waals surface area (Å²) in [6, 6.07) is 8.93. The summed E-state index contributed by atoms with van der Waals surface area (Å²) in [5.41, 5.74) is 1.01. The lowest BCUT2D eigenvalue weighted by atomic mass is 10.1. The standard InChI is InChI=1S/C16H18N2O3/c1-21-11-4-3-9-18(10-11)15-8-7-12-13(16(19)20)5-2-6-14(12)17-15/h2,5-8,11H,3-4,9-10H2,1H3,(H,19,20). The van der Waals surface area contributed by atoms with E-state index in [2.05, 4.69) is 9.88 Å². The first-order chi connectivity index (χ1) is 10.2. The Bertz CT molecular complexity index is 672. The fraction of sp³-hybridized carbons (Fsp3) is 0.375. The molecule has 1 atom stereocenters. The van der Waals surface area contributed by atoms with E-state index in [0.717, 1.165) is 31.7 Å². The van der Waals surface area contributed by atoms with Crippen LogP contribution in [-0.2, 0) is 4.74 Å². The maximum absolute atomic E-state index is 11.2. The van der Waals surface area contributed by atoms with Crippen LogP contribution in [0.3, 0.4) is 0 Å². The number of ether oxygens (including phenoxy) is 1. The molecule has 0 amide bonds. The molecule has 5 nitrogen and oxygen atoms in total. The zero-order valence-electron chi connectivity index (χ0n) is 12.0. The molecule has 5 heteroatoms. The van der Waals surface area contributed by atoms with Crippen molar-refractivity contribution in [2.24, 2.45) is 0 Å². The number of methoxy groups -OCH3 is 1. The molecule has 2 aromatic rings. The number of benzene rings is 1. The quantitative estimate of drug-likeness (QED) is 0.939. The van der Waals surface area contributed by atoms with Crippen molar-refractivity contribution < 1.29 is 14.6 Å². The molecule has 21 heavy (non-hydrogen) atoms. The summed E-state index contributed by atoms with van der Waals surface area (Å²) in [7, 11) is 1.74. The second kappa shape index (κ2) is 5.69. The van der Waals surface area contributed by atoms with Gasteiger partial charge in [-0.3, -0.25) is 0 Å². The van der Waals surface area contributed by atoms with Gasteiger partial charge in [0, 0.05) is 25.6 Å². The molecule has 1 aliphatic rings. The molecular weight excluding hydrogens is 268 g/mol. The summed E-state index contributed by atoms with van der Waals surface area (Å²) in [4.78, 5) is 18.0. The number of anilines is 1. The van der Waals surface area contributed by atoms with Gasteiger partial charge >= 0.3 is 5.97 Å². The van der Waals surface area contributed by atoms with Crippen molar-refractivity contribution in [3.05, 3.63) is 35.9 Å². The van der Waals surface area contributed by atoms with E-state index < -0.39 is 5.97 Å².